The molecule has 2 atom stereocenters. The lowest BCUT2D eigenvalue weighted by Crippen LogP contribution is -2.33. The fraction of sp³-hybridized carbons (Fsp3) is 0.467. The van der Waals surface area contributed by atoms with Crippen LogP contribution in [0, 0.1) is 5.41 Å². The standard InChI is InChI=1S/C15H16Cl3NO3/c1-9(10-4-3-5-11(16)6-10)19-12(20)7-22-13(21)14(2)8-15(14,17)18/h3-6,9H,7-8H2,1-2H3,(H,19,20)/t9-,14+/m1/s1. The van der Waals surface area contributed by atoms with E-state index in [1.54, 1.807) is 25.1 Å². The minimum atomic E-state index is -1.10. The predicted molar refractivity (Wildman–Crippen MR) is 86.1 cm³/mol. The van der Waals surface area contributed by atoms with Gasteiger partial charge < -0.3 is 10.1 Å². The molecule has 1 fully saturated rings. The number of halogens is 3. The van der Waals surface area contributed by atoms with Crippen LogP contribution >= 0.6 is 34.8 Å². The third-order valence-electron chi connectivity index (χ3n) is 3.77. The average Bonchev–Trinajstić information content (AvgIpc) is 2.96. The number of amides is 1. The summed E-state index contributed by atoms with van der Waals surface area (Å²) in [5.41, 5.74) is -0.0727. The van der Waals surface area contributed by atoms with Gasteiger partial charge in [0, 0.05) is 11.4 Å². The Labute approximate surface area is 144 Å². The topological polar surface area (TPSA) is 55.4 Å². The zero-order valence-electron chi connectivity index (χ0n) is 12.2. The number of rotatable bonds is 5. The highest BCUT2D eigenvalue weighted by molar-refractivity contribution is 6.53. The van der Waals surface area contributed by atoms with E-state index < -0.39 is 21.6 Å². The molecule has 2 rings (SSSR count). The third kappa shape index (κ3) is 3.67. The fourth-order valence-electron chi connectivity index (χ4n) is 2.05. The van der Waals surface area contributed by atoms with E-state index in [-0.39, 0.29) is 12.6 Å². The molecule has 0 saturated heterocycles. The van der Waals surface area contributed by atoms with Crippen LogP contribution in [-0.2, 0) is 14.3 Å². The number of carbonyl (C=O) groups excluding carboxylic acids is 2. The molecule has 22 heavy (non-hydrogen) atoms. The highest BCUT2D eigenvalue weighted by Gasteiger charge is 2.69. The number of ether oxygens (including phenoxy) is 1. The Bertz CT molecular complexity index is 605. The molecule has 7 heteroatoms. The monoisotopic (exact) mass is 363 g/mol. The van der Waals surface area contributed by atoms with E-state index in [1.807, 2.05) is 13.0 Å². The molecule has 1 aliphatic carbocycles. The van der Waals surface area contributed by atoms with Crippen molar-refractivity contribution in [3.8, 4) is 0 Å². The molecule has 0 radical (unpaired) electrons. The van der Waals surface area contributed by atoms with E-state index in [9.17, 15) is 9.59 Å². The van der Waals surface area contributed by atoms with Crippen LogP contribution in [0.5, 0.6) is 0 Å². The van der Waals surface area contributed by atoms with E-state index in [0.29, 0.717) is 11.4 Å². The van der Waals surface area contributed by atoms with Gasteiger partial charge in [-0.05, 0) is 31.5 Å². The van der Waals surface area contributed by atoms with E-state index in [1.165, 1.54) is 0 Å². The lowest BCUT2D eigenvalue weighted by Gasteiger charge is -2.16. The molecule has 1 aliphatic rings. The van der Waals surface area contributed by atoms with Crippen LogP contribution in [0.25, 0.3) is 0 Å². The molecule has 0 aromatic heterocycles. The maximum atomic E-state index is 11.9. The first-order chi connectivity index (χ1) is 10.2. The molecule has 120 valence electrons. The predicted octanol–water partition coefficient (Wildman–Crippen LogP) is 3.64. The third-order valence-corrected chi connectivity index (χ3v) is 5.11. The smallest absolute Gasteiger partial charge is 0.315 e. The Morgan fingerprint density at radius 2 is 2.05 bits per heavy atom. The number of nitrogens with one attached hydrogen (secondary N) is 1. The van der Waals surface area contributed by atoms with Gasteiger partial charge in [-0.3, -0.25) is 9.59 Å². The fourth-order valence-corrected chi connectivity index (χ4v) is 2.94. The molecular formula is C15H16Cl3NO3. The van der Waals surface area contributed by atoms with Crippen molar-refractivity contribution in [2.45, 2.75) is 30.6 Å². The first-order valence-corrected chi connectivity index (χ1v) is 7.89. The Morgan fingerprint density at radius 1 is 1.41 bits per heavy atom. The average molecular weight is 365 g/mol. The normalized spacial score (nSPS) is 23.5. The number of carbonyl (C=O) groups is 2. The molecule has 0 heterocycles. The Hall–Kier alpha value is -0.970. The van der Waals surface area contributed by atoms with Crippen LogP contribution in [0.15, 0.2) is 24.3 Å². The van der Waals surface area contributed by atoms with Crippen LogP contribution in [0.1, 0.15) is 31.9 Å². The summed E-state index contributed by atoms with van der Waals surface area (Å²) >= 11 is 17.7. The second kappa shape index (κ2) is 6.26. The summed E-state index contributed by atoms with van der Waals surface area (Å²) in [6.45, 7) is 3.06. The van der Waals surface area contributed by atoms with Crippen LogP contribution in [0.2, 0.25) is 5.02 Å². The summed E-state index contributed by atoms with van der Waals surface area (Å²) in [5.74, 6) is -0.970. The number of esters is 1. The second-order valence-corrected chi connectivity index (χ2v) is 7.55. The second-order valence-electron chi connectivity index (χ2n) is 5.63. The summed E-state index contributed by atoms with van der Waals surface area (Å²) in [4.78, 5) is 23.7. The molecule has 1 N–H and O–H groups in total. The van der Waals surface area contributed by atoms with Crippen molar-refractivity contribution in [1.29, 1.82) is 0 Å². The van der Waals surface area contributed by atoms with Crippen molar-refractivity contribution >= 4 is 46.7 Å². The van der Waals surface area contributed by atoms with Crippen molar-refractivity contribution in [3.63, 3.8) is 0 Å². The Morgan fingerprint density at radius 3 is 2.59 bits per heavy atom. The van der Waals surface area contributed by atoms with Gasteiger partial charge in [-0.15, -0.1) is 23.2 Å². The lowest BCUT2D eigenvalue weighted by molar-refractivity contribution is -0.153. The van der Waals surface area contributed by atoms with E-state index in [4.69, 9.17) is 39.5 Å². The lowest BCUT2D eigenvalue weighted by atomic mass is 10.1. The highest BCUT2D eigenvalue weighted by atomic mass is 35.5. The molecule has 0 unspecified atom stereocenters. The zero-order chi connectivity index (χ0) is 16.5. The SMILES string of the molecule is C[C@@H](NC(=O)COC(=O)[C@]1(C)CC1(Cl)Cl)c1cccc(Cl)c1. The van der Waals surface area contributed by atoms with E-state index in [2.05, 4.69) is 5.32 Å². The van der Waals surface area contributed by atoms with Crippen LogP contribution in [-0.4, -0.2) is 22.8 Å². The molecule has 1 amide bonds. The van der Waals surface area contributed by atoms with Gasteiger partial charge in [0.05, 0.1) is 6.04 Å². The van der Waals surface area contributed by atoms with Gasteiger partial charge in [0.25, 0.3) is 5.91 Å². The van der Waals surface area contributed by atoms with Crippen molar-refractivity contribution in [2.75, 3.05) is 6.61 Å². The molecule has 1 aromatic carbocycles. The van der Waals surface area contributed by atoms with Gasteiger partial charge in [0.15, 0.2) is 6.61 Å². The molecule has 1 saturated carbocycles. The minimum absolute atomic E-state index is 0.249. The Balaban J connectivity index is 1.82. The summed E-state index contributed by atoms with van der Waals surface area (Å²) in [5, 5.41) is 3.32. The quantitative estimate of drug-likeness (QED) is 0.641. The minimum Gasteiger partial charge on any atom is -0.455 e. The molecule has 4 nitrogen and oxygen atoms in total. The van der Waals surface area contributed by atoms with Gasteiger partial charge >= 0.3 is 5.97 Å². The molecule has 0 aliphatic heterocycles. The first kappa shape index (κ1) is 17.4. The van der Waals surface area contributed by atoms with Gasteiger partial charge in [-0.2, -0.15) is 0 Å². The number of hydrogen-bond donors (Lipinski definition) is 1. The molecular weight excluding hydrogens is 349 g/mol. The van der Waals surface area contributed by atoms with Crippen LogP contribution in [0.3, 0.4) is 0 Å². The number of alkyl halides is 2. The van der Waals surface area contributed by atoms with Crippen molar-refractivity contribution in [1.82, 2.24) is 5.32 Å². The number of benzene rings is 1. The van der Waals surface area contributed by atoms with Gasteiger partial charge in [-0.25, -0.2) is 0 Å². The largest absolute Gasteiger partial charge is 0.455 e. The van der Waals surface area contributed by atoms with Gasteiger partial charge in [0.2, 0.25) is 0 Å². The van der Waals surface area contributed by atoms with Crippen molar-refractivity contribution < 1.29 is 14.3 Å². The summed E-state index contributed by atoms with van der Waals surface area (Å²) in [7, 11) is 0. The number of hydrogen-bond acceptors (Lipinski definition) is 3. The van der Waals surface area contributed by atoms with E-state index in [0.717, 1.165) is 5.56 Å². The first-order valence-electron chi connectivity index (χ1n) is 6.75. The van der Waals surface area contributed by atoms with Crippen molar-refractivity contribution in [3.05, 3.63) is 34.9 Å². The van der Waals surface area contributed by atoms with Crippen LogP contribution in [0.4, 0.5) is 0 Å². The van der Waals surface area contributed by atoms with E-state index >= 15 is 0 Å². The molecule has 0 bridgehead atoms. The van der Waals surface area contributed by atoms with Crippen molar-refractivity contribution in [2.24, 2.45) is 5.41 Å². The highest BCUT2D eigenvalue weighted by Crippen LogP contribution is 2.64. The molecule has 1 aromatic rings. The maximum absolute atomic E-state index is 11.9. The maximum Gasteiger partial charge on any atom is 0.315 e. The van der Waals surface area contributed by atoms with Gasteiger partial charge in [-0.1, -0.05) is 23.7 Å². The summed E-state index contributed by atoms with van der Waals surface area (Å²) in [6.07, 6.45) is 0.322. The zero-order valence-corrected chi connectivity index (χ0v) is 14.4. The summed E-state index contributed by atoms with van der Waals surface area (Å²) < 4.78 is 3.88. The Kier molecular flexibility index (Phi) is 4.95. The molecule has 0 spiro atoms. The van der Waals surface area contributed by atoms with Crippen LogP contribution < -0.4 is 5.32 Å². The van der Waals surface area contributed by atoms with Gasteiger partial charge in [0.1, 0.15) is 9.75 Å². The summed E-state index contributed by atoms with van der Waals surface area (Å²) in [6, 6.07) is 6.92.